The molecular formula is C24H32N6O3. The number of dihydropyridines is 1. The summed E-state index contributed by atoms with van der Waals surface area (Å²) >= 11 is 0. The van der Waals surface area contributed by atoms with Gasteiger partial charge in [-0.05, 0) is 43.5 Å². The van der Waals surface area contributed by atoms with Gasteiger partial charge in [0.1, 0.15) is 12.4 Å². The van der Waals surface area contributed by atoms with E-state index >= 15 is 0 Å². The number of nitrogens with one attached hydrogen (secondary N) is 4. The Morgan fingerprint density at radius 2 is 1.91 bits per heavy atom. The van der Waals surface area contributed by atoms with Crippen LogP contribution in [0.15, 0.2) is 52.9 Å². The molecule has 3 unspecified atom stereocenters. The minimum Gasteiger partial charge on any atom is -0.481 e. The molecule has 0 bridgehead atoms. The van der Waals surface area contributed by atoms with Gasteiger partial charge < -0.3 is 31.1 Å². The van der Waals surface area contributed by atoms with Crippen molar-refractivity contribution in [2.45, 2.75) is 70.5 Å². The Balaban J connectivity index is 0.000000601. The molecule has 9 heteroatoms. The number of rotatable bonds is 4. The van der Waals surface area contributed by atoms with E-state index in [1.165, 1.54) is 32.1 Å². The highest BCUT2D eigenvalue weighted by Crippen LogP contribution is 2.30. The fraction of sp³-hybridized carbons (Fsp3) is 0.458. The van der Waals surface area contributed by atoms with Gasteiger partial charge in [0, 0.05) is 31.2 Å². The first-order valence-electron chi connectivity index (χ1n) is 11.5. The molecule has 3 atom stereocenters. The van der Waals surface area contributed by atoms with Crippen LogP contribution in [0.3, 0.4) is 0 Å². The molecule has 1 aromatic heterocycles. The SMILES string of the molecule is CC(=O)O.Cc1ccc2c(n1)NC(C1=CNC(C3=CNC(OC4CCCCC4)C=C3)C=N1)N2. The fourth-order valence-corrected chi connectivity index (χ4v) is 4.18. The Hall–Kier alpha value is -3.33. The monoisotopic (exact) mass is 452 g/mol. The van der Waals surface area contributed by atoms with Gasteiger partial charge in [0.25, 0.3) is 5.97 Å². The Labute approximate surface area is 194 Å². The summed E-state index contributed by atoms with van der Waals surface area (Å²) in [5.41, 5.74) is 4.04. The van der Waals surface area contributed by atoms with Crippen molar-refractivity contribution in [1.82, 2.24) is 15.6 Å². The largest absolute Gasteiger partial charge is 0.481 e. The average Bonchev–Trinajstić information content (AvgIpc) is 3.23. The number of aliphatic carboxylic acids is 1. The van der Waals surface area contributed by atoms with E-state index in [9.17, 15) is 0 Å². The van der Waals surface area contributed by atoms with Gasteiger partial charge in [-0.3, -0.25) is 9.79 Å². The molecule has 4 aliphatic rings. The van der Waals surface area contributed by atoms with Crippen LogP contribution in [0.5, 0.6) is 0 Å². The molecule has 1 aliphatic carbocycles. The lowest BCUT2D eigenvalue weighted by atomic mass is 9.98. The molecule has 1 saturated carbocycles. The van der Waals surface area contributed by atoms with Gasteiger partial charge in [-0.1, -0.05) is 25.3 Å². The molecule has 1 aromatic rings. The van der Waals surface area contributed by atoms with E-state index in [1.807, 2.05) is 37.7 Å². The van der Waals surface area contributed by atoms with Crippen molar-refractivity contribution < 1.29 is 14.6 Å². The van der Waals surface area contributed by atoms with E-state index in [1.54, 1.807) is 0 Å². The summed E-state index contributed by atoms with van der Waals surface area (Å²) in [7, 11) is 0. The van der Waals surface area contributed by atoms with Gasteiger partial charge in [0.15, 0.2) is 5.82 Å². The van der Waals surface area contributed by atoms with Gasteiger partial charge in [0.2, 0.25) is 0 Å². The van der Waals surface area contributed by atoms with Crippen molar-refractivity contribution in [3.05, 3.63) is 53.6 Å². The Morgan fingerprint density at radius 1 is 1.12 bits per heavy atom. The van der Waals surface area contributed by atoms with E-state index in [4.69, 9.17) is 14.6 Å². The summed E-state index contributed by atoms with van der Waals surface area (Å²) in [4.78, 5) is 18.2. The third-order valence-electron chi connectivity index (χ3n) is 5.82. The standard InChI is InChI=1S/C22H28N6O.C2H4O2/c1-14-7-9-17-21(26-14)28-22(27-17)19-13-23-18(12-24-19)15-8-10-20(25-11-15)29-16-5-3-2-4-6-16;1-2(3)4/h7-13,16,18,20,22-23,25,27H,2-6H2,1H3,(H,26,28);1H3,(H,3,4). The highest BCUT2D eigenvalue weighted by atomic mass is 16.5. The van der Waals surface area contributed by atoms with Gasteiger partial charge in [-0.25, -0.2) is 4.98 Å². The number of nitrogens with zero attached hydrogens (tertiary/aromatic N) is 2. The smallest absolute Gasteiger partial charge is 0.300 e. The minimum atomic E-state index is -0.833. The van der Waals surface area contributed by atoms with Crippen molar-refractivity contribution in [1.29, 1.82) is 0 Å². The molecule has 33 heavy (non-hydrogen) atoms. The summed E-state index contributed by atoms with van der Waals surface area (Å²) in [5.74, 6) is 0.0411. The van der Waals surface area contributed by atoms with E-state index < -0.39 is 5.97 Å². The molecular weight excluding hydrogens is 420 g/mol. The number of pyridine rings is 1. The maximum Gasteiger partial charge on any atom is 0.300 e. The number of hydrogen-bond acceptors (Lipinski definition) is 8. The van der Waals surface area contributed by atoms with E-state index in [2.05, 4.69) is 43.4 Å². The van der Waals surface area contributed by atoms with Crippen LogP contribution < -0.4 is 21.3 Å². The summed E-state index contributed by atoms with van der Waals surface area (Å²) in [6.45, 7) is 3.07. The second kappa shape index (κ2) is 10.5. The highest BCUT2D eigenvalue weighted by molar-refractivity contribution is 5.76. The molecule has 0 radical (unpaired) electrons. The van der Waals surface area contributed by atoms with E-state index in [0.29, 0.717) is 6.10 Å². The lowest BCUT2D eigenvalue weighted by Gasteiger charge is -2.29. The number of carboxylic acids is 1. The topological polar surface area (TPSA) is 120 Å². The summed E-state index contributed by atoms with van der Waals surface area (Å²) in [5, 5.41) is 21.0. The maximum atomic E-state index is 9.00. The predicted octanol–water partition coefficient (Wildman–Crippen LogP) is 3.25. The van der Waals surface area contributed by atoms with Crippen molar-refractivity contribution in [3.63, 3.8) is 0 Å². The first kappa shape index (κ1) is 22.8. The maximum absolute atomic E-state index is 9.00. The van der Waals surface area contributed by atoms with Crippen LogP contribution in [0.4, 0.5) is 11.5 Å². The number of aromatic nitrogens is 1. The van der Waals surface area contributed by atoms with Gasteiger partial charge in [-0.2, -0.15) is 0 Å². The first-order chi connectivity index (χ1) is 16.0. The fourth-order valence-electron chi connectivity index (χ4n) is 4.18. The Bertz CT molecular complexity index is 976. The molecule has 0 saturated heterocycles. The molecule has 5 N–H and O–H groups in total. The lowest BCUT2D eigenvalue weighted by molar-refractivity contribution is -0.134. The normalized spacial score (nSPS) is 25.7. The zero-order valence-corrected chi connectivity index (χ0v) is 19.0. The quantitative estimate of drug-likeness (QED) is 0.472. The van der Waals surface area contributed by atoms with Crippen molar-refractivity contribution >= 4 is 23.7 Å². The van der Waals surface area contributed by atoms with Crippen molar-refractivity contribution in [2.24, 2.45) is 4.99 Å². The van der Waals surface area contributed by atoms with Crippen LogP contribution in [-0.4, -0.2) is 46.8 Å². The predicted molar refractivity (Wildman–Crippen MR) is 129 cm³/mol. The summed E-state index contributed by atoms with van der Waals surface area (Å²) in [6.07, 6.45) is 16.7. The van der Waals surface area contributed by atoms with Crippen molar-refractivity contribution in [2.75, 3.05) is 10.6 Å². The number of aryl methyl sites for hydroxylation is 1. The molecule has 3 aliphatic heterocycles. The van der Waals surface area contributed by atoms with E-state index in [-0.39, 0.29) is 18.4 Å². The number of hydrogen-bond donors (Lipinski definition) is 5. The number of ether oxygens (including phenoxy) is 1. The van der Waals surface area contributed by atoms with Gasteiger partial charge >= 0.3 is 0 Å². The molecule has 0 spiro atoms. The lowest BCUT2D eigenvalue weighted by Crippen LogP contribution is -2.38. The molecule has 1 fully saturated rings. The van der Waals surface area contributed by atoms with Crippen molar-refractivity contribution in [3.8, 4) is 0 Å². The number of anilines is 2. The van der Waals surface area contributed by atoms with Crippen LogP contribution in [0.25, 0.3) is 0 Å². The minimum absolute atomic E-state index is 0.0326. The molecule has 176 valence electrons. The highest BCUT2D eigenvalue weighted by Gasteiger charge is 2.26. The Morgan fingerprint density at radius 3 is 2.58 bits per heavy atom. The second-order valence-corrected chi connectivity index (χ2v) is 8.57. The van der Waals surface area contributed by atoms with Gasteiger partial charge in [0.05, 0.1) is 23.5 Å². The summed E-state index contributed by atoms with van der Waals surface area (Å²) < 4.78 is 6.16. The molecule has 0 amide bonds. The molecule has 0 aromatic carbocycles. The third kappa shape index (κ3) is 6.13. The van der Waals surface area contributed by atoms with Crippen LogP contribution >= 0.6 is 0 Å². The Kier molecular flexibility index (Phi) is 7.29. The van der Waals surface area contributed by atoms with Crippen LogP contribution in [-0.2, 0) is 9.53 Å². The zero-order valence-electron chi connectivity index (χ0n) is 19.0. The number of carboxylic acid groups (broad SMARTS) is 1. The number of aliphatic imine (C=N–C) groups is 1. The number of fused-ring (bicyclic) bond motifs is 1. The summed E-state index contributed by atoms with van der Waals surface area (Å²) in [6, 6.07) is 4.09. The molecule has 4 heterocycles. The van der Waals surface area contributed by atoms with Gasteiger partial charge in [-0.15, -0.1) is 0 Å². The van der Waals surface area contributed by atoms with E-state index in [0.717, 1.165) is 35.4 Å². The van der Waals surface area contributed by atoms with Crippen LogP contribution in [0, 0.1) is 6.92 Å². The molecule has 9 nitrogen and oxygen atoms in total. The zero-order chi connectivity index (χ0) is 23.2. The average molecular weight is 453 g/mol. The number of carbonyl (C=O) groups is 1. The first-order valence-corrected chi connectivity index (χ1v) is 11.5. The van der Waals surface area contributed by atoms with Crippen LogP contribution in [0.2, 0.25) is 0 Å². The van der Waals surface area contributed by atoms with Crippen LogP contribution in [0.1, 0.15) is 44.7 Å². The molecule has 5 rings (SSSR count). The third-order valence-corrected chi connectivity index (χ3v) is 5.82. The second-order valence-electron chi connectivity index (χ2n) is 8.57.